The van der Waals surface area contributed by atoms with E-state index in [4.69, 9.17) is 14.8 Å². The molecule has 0 saturated carbocycles. The summed E-state index contributed by atoms with van der Waals surface area (Å²) in [6.45, 7) is 3.68. The number of anilines is 1. The molecule has 24 heavy (non-hydrogen) atoms. The monoisotopic (exact) mass is 331 g/mol. The third-order valence-electron chi connectivity index (χ3n) is 3.40. The molecule has 0 aliphatic rings. The lowest BCUT2D eigenvalue weighted by molar-refractivity contribution is 0.102. The predicted molar refractivity (Wildman–Crippen MR) is 89.7 cm³/mol. The van der Waals surface area contributed by atoms with E-state index in [9.17, 15) is 9.59 Å². The first-order valence-corrected chi connectivity index (χ1v) is 7.27. The van der Waals surface area contributed by atoms with Crippen LogP contribution in [0.4, 0.5) is 5.82 Å². The van der Waals surface area contributed by atoms with Crippen LogP contribution in [0.1, 0.15) is 30.2 Å². The number of carbonyl (C=O) groups excluding carboxylic acids is 1. The average molecular weight is 331 g/mol. The van der Waals surface area contributed by atoms with E-state index < -0.39 is 18.6 Å². The molecule has 2 heterocycles. The number of nitrogens with one attached hydrogen (secondary N) is 1. The molecule has 0 aliphatic carbocycles. The molecule has 0 unspecified atom stereocenters. The highest BCUT2D eigenvalue weighted by Crippen LogP contribution is 2.20. The lowest BCUT2D eigenvalue weighted by Gasteiger charge is -2.13. The molecule has 0 spiro atoms. The van der Waals surface area contributed by atoms with Crippen LogP contribution in [0.25, 0.3) is 0 Å². The molecule has 1 amide bonds. The van der Waals surface area contributed by atoms with E-state index in [0.717, 1.165) is 0 Å². The first-order chi connectivity index (χ1) is 11.3. The van der Waals surface area contributed by atoms with Gasteiger partial charge in [0.25, 0.3) is 11.5 Å². The van der Waals surface area contributed by atoms with Crippen molar-refractivity contribution in [2.75, 3.05) is 12.4 Å². The number of hydrogen-bond acceptors (Lipinski definition) is 6. The maximum Gasteiger partial charge on any atom is 0.490 e. The summed E-state index contributed by atoms with van der Waals surface area (Å²) in [5.74, 6) is -0.404. The van der Waals surface area contributed by atoms with Gasteiger partial charge >= 0.3 is 7.12 Å². The summed E-state index contributed by atoms with van der Waals surface area (Å²) in [5, 5.41) is 20.8. The zero-order valence-corrected chi connectivity index (χ0v) is 13.6. The summed E-state index contributed by atoms with van der Waals surface area (Å²) >= 11 is 0. The van der Waals surface area contributed by atoms with E-state index in [1.165, 1.54) is 30.0 Å². The molecule has 0 aliphatic heterocycles. The molecule has 126 valence electrons. The van der Waals surface area contributed by atoms with Gasteiger partial charge in [0.2, 0.25) is 0 Å². The molecule has 2 rings (SSSR count). The average Bonchev–Trinajstić information content (AvgIpc) is 2.54. The van der Waals surface area contributed by atoms with E-state index in [0.29, 0.717) is 0 Å². The van der Waals surface area contributed by atoms with Crippen LogP contribution in [-0.2, 0) is 0 Å². The molecule has 2 aromatic heterocycles. The number of pyridine rings is 2. The Hall–Kier alpha value is -2.65. The van der Waals surface area contributed by atoms with E-state index in [1.807, 2.05) is 13.8 Å². The van der Waals surface area contributed by atoms with Crippen LogP contribution >= 0.6 is 0 Å². The number of rotatable bonds is 5. The molecule has 0 fully saturated rings. The van der Waals surface area contributed by atoms with Crippen molar-refractivity contribution in [1.82, 2.24) is 9.55 Å². The molecule has 3 N–H and O–H groups in total. The van der Waals surface area contributed by atoms with Crippen molar-refractivity contribution in [2.45, 2.75) is 19.9 Å². The summed E-state index contributed by atoms with van der Waals surface area (Å²) in [7, 11) is -0.349. The fraction of sp³-hybridized carbons (Fsp3) is 0.267. The van der Waals surface area contributed by atoms with Gasteiger partial charge in [0.05, 0.1) is 7.11 Å². The fourth-order valence-electron chi connectivity index (χ4n) is 2.11. The van der Waals surface area contributed by atoms with Crippen molar-refractivity contribution >= 4 is 24.3 Å². The number of amides is 1. The zero-order chi connectivity index (χ0) is 17.9. The Kier molecular flexibility index (Phi) is 5.37. The standard InChI is InChI=1S/C15H18BN3O5/c1-9(2)19-6-4-5-11(15(19)21)14(20)18-13-12(24-3)7-10(8-17-13)16(22)23/h4-9,22-23H,1-3H3,(H,17,18,20). The van der Waals surface area contributed by atoms with E-state index in [-0.39, 0.29) is 28.6 Å². The quantitative estimate of drug-likeness (QED) is 0.652. The minimum absolute atomic E-state index is 0.0266. The smallest absolute Gasteiger partial charge is 0.490 e. The van der Waals surface area contributed by atoms with Crippen LogP contribution in [0.3, 0.4) is 0 Å². The van der Waals surface area contributed by atoms with E-state index in [1.54, 1.807) is 12.3 Å². The van der Waals surface area contributed by atoms with Gasteiger partial charge in [-0.2, -0.15) is 0 Å². The first kappa shape index (κ1) is 17.7. The third-order valence-corrected chi connectivity index (χ3v) is 3.40. The molecular weight excluding hydrogens is 313 g/mol. The summed E-state index contributed by atoms with van der Waals surface area (Å²) in [5.41, 5.74) is -0.320. The normalized spacial score (nSPS) is 10.6. The van der Waals surface area contributed by atoms with Crippen LogP contribution in [0.5, 0.6) is 5.75 Å². The van der Waals surface area contributed by atoms with Crippen molar-refractivity contribution in [1.29, 1.82) is 0 Å². The van der Waals surface area contributed by atoms with Gasteiger partial charge in [-0.15, -0.1) is 0 Å². The summed E-state index contributed by atoms with van der Waals surface area (Å²) in [6.07, 6.45) is 2.81. The Morgan fingerprint density at radius 1 is 1.42 bits per heavy atom. The minimum Gasteiger partial charge on any atom is -0.493 e. The fourth-order valence-corrected chi connectivity index (χ4v) is 2.11. The second kappa shape index (κ2) is 7.28. The van der Waals surface area contributed by atoms with E-state index >= 15 is 0 Å². The highest BCUT2D eigenvalue weighted by Gasteiger charge is 2.19. The Labute approximate surface area is 138 Å². The Morgan fingerprint density at radius 2 is 2.12 bits per heavy atom. The second-order valence-electron chi connectivity index (χ2n) is 5.38. The molecule has 0 aromatic carbocycles. The number of hydrogen-bond donors (Lipinski definition) is 3. The first-order valence-electron chi connectivity index (χ1n) is 7.27. The molecule has 9 heteroatoms. The molecule has 2 aromatic rings. The minimum atomic E-state index is -1.71. The van der Waals surface area contributed by atoms with Gasteiger partial charge in [-0.25, -0.2) is 4.98 Å². The Balaban J connectivity index is 2.34. The SMILES string of the molecule is COc1cc(B(O)O)cnc1NC(=O)c1cccn(C(C)C)c1=O. The van der Waals surface area contributed by atoms with Crippen molar-refractivity contribution in [2.24, 2.45) is 0 Å². The van der Waals surface area contributed by atoms with Gasteiger partial charge in [0.15, 0.2) is 11.6 Å². The molecule has 0 atom stereocenters. The highest BCUT2D eigenvalue weighted by atomic mass is 16.5. The van der Waals surface area contributed by atoms with Crippen LogP contribution in [0, 0.1) is 0 Å². The Morgan fingerprint density at radius 3 is 2.71 bits per heavy atom. The number of carbonyl (C=O) groups is 1. The van der Waals surface area contributed by atoms with Crippen molar-refractivity contribution in [3.63, 3.8) is 0 Å². The largest absolute Gasteiger partial charge is 0.493 e. The van der Waals surface area contributed by atoms with Crippen molar-refractivity contribution in [3.05, 3.63) is 46.5 Å². The van der Waals surface area contributed by atoms with Gasteiger partial charge in [0.1, 0.15) is 5.56 Å². The molecule has 8 nitrogen and oxygen atoms in total. The number of ether oxygens (including phenoxy) is 1. The summed E-state index contributed by atoms with van der Waals surface area (Å²) < 4.78 is 6.53. The lowest BCUT2D eigenvalue weighted by Crippen LogP contribution is -2.31. The number of aromatic nitrogens is 2. The van der Waals surface area contributed by atoms with Crippen molar-refractivity contribution < 1.29 is 19.6 Å². The topological polar surface area (TPSA) is 114 Å². The molecular formula is C15H18BN3O5. The highest BCUT2D eigenvalue weighted by molar-refractivity contribution is 6.58. The van der Waals surface area contributed by atoms with Gasteiger partial charge < -0.3 is 24.7 Å². The molecule has 0 bridgehead atoms. The van der Waals surface area contributed by atoms with Crippen LogP contribution in [0.15, 0.2) is 35.4 Å². The van der Waals surface area contributed by atoms with E-state index in [2.05, 4.69) is 10.3 Å². The zero-order valence-electron chi connectivity index (χ0n) is 13.6. The van der Waals surface area contributed by atoms with Crippen LogP contribution in [-0.4, -0.2) is 39.7 Å². The predicted octanol–water partition coefficient (Wildman–Crippen LogP) is -0.235. The number of nitrogens with zero attached hydrogens (tertiary/aromatic N) is 2. The third kappa shape index (κ3) is 3.63. The van der Waals surface area contributed by atoms with Gasteiger partial charge in [-0.3, -0.25) is 9.59 Å². The van der Waals surface area contributed by atoms with Gasteiger partial charge in [-0.05, 0) is 32.0 Å². The molecule has 0 radical (unpaired) electrons. The Bertz CT molecular complexity index is 804. The number of methoxy groups -OCH3 is 1. The van der Waals surface area contributed by atoms with Gasteiger partial charge in [0, 0.05) is 23.9 Å². The maximum atomic E-state index is 12.4. The maximum absolute atomic E-state index is 12.4. The second-order valence-corrected chi connectivity index (χ2v) is 5.38. The van der Waals surface area contributed by atoms with Gasteiger partial charge in [-0.1, -0.05) is 0 Å². The van der Waals surface area contributed by atoms with Crippen LogP contribution < -0.4 is 21.1 Å². The lowest BCUT2D eigenvalue weighted by atomic mass is 9.81. The molecule has 0 saturated heterocycles. The van der Waals surface area contributed by atoms with Crippen LogP contribution in [0.2, 0.25) is 0 Å². The summed E-state index contributed by atoms with van der Waals surface area (Å²) in [4.78, 5) is 28.6. The van der Waals surface area contributed by atoms with Crippen molar-refractivity contribution in [3.8, 4) is 5.75 Å². The summed E-state index contributed by atoms with van der Waals surface area (Å²) in [6, 6.07) is 4.30.